The highest BCUT2D eigenvalue weighted by molar-refractivity contribution is 6.46. The van der Waals surface area contributed by atoms with Crippen LogP contribution in [0.25, 0.3) is 0 Å². The van der Waals surface area contributed by atoms with Gasteiger partial charge in [0.15, 0.2) is 0 Å². The number of hydrogen-bond donors (Lipinski definition) is 0. The Balaban J connectivity index is 1.82. The Labute approximate surface area is 68.4 Å². The van der Waals surface area contributed by atoms with Crippen molar-refractivity contribution in [3.63, 3.8) is 0 Å². The Morgan fingerprint density at radius 3 is 2.18 bits per heavy atom. The van der Waals surface area contributed by atoms with Gasteiger partial charge in [-0.1, -0.05) is 25.7 Å². The molecule has 0 bridgehead atoms. The molecule has 0 aromatic rings. The van der Waals surface area contributed by atoms with Gasteiger partial charge in [-0.15, -0.1) is 0 Å². The Morgan fingerprint density at radius 1 is 0.909 bits per heavy atom. The monoisotopic (exact) mass is 154 g/mol. The summed E-state index contributed by atoms with van der Waals surface area (Å²) >= 11 is 0. The van der Waals surface area contributed by atoms with Crippen molar-refractivity contribution in [3.05, 3.63) is 0 Å². The van der Waals surface area contributed by atoms with Gasteiger partial charge in [-0.05, 0) is 12.2 Å². The van der Waals surface area contributed by atoms with Crippen LogP contribution >= 0.6 is 0 Å². The first kappa shape index (κ1) is 7.62. The van der Waals surface area contributed by atoms with Crippen LogP contribution in [0.15, 0.2) is 0 Å². The third kappa shape index (κ3) is 1.77. The van der Waals surface area contributed by atoms with Crippen molar-refractivity contribution in [2.75, 3.05) is 13.2 Å². The fraction of sp³-hybridized carbons (Fsp3) is 1.00. The van der Waals surface area contributed by atoms with Crippen LogP contribution in [-0.2, 0) is 9.31 Å². The SMILES string of the molecule is C1COB(C2CCCC2)OC1. The van der Waals surface area contributed by atoms with Gasteiger partial charge in [-0.3, -0.25) is 0 Å². The molecule has 2 fully saturated rings. The Hall–Kier alpha value is -0.0151. The molecule has 1 aliphatic carbocycles. The van der Waals surface area contributed by atoms with Gasteiger partial charge in [0.25, 0.3) is 0 Å². The normalized spacial score (nSPS) is 27.8. The van der Waals surface area contributed by atoms with E-state index in [-0.39, 0.29) is 7.12 Å². The summed E-state index contributed by atoms with van der Waals surface area (Å²) in [4.78, 5) is 0. The van der Waals surface area contributed by atoms with Crippen LogP contribution in [-0.4, -0.2) is 20.3 Å². The van der Waals surface area contributed by atoms with Crippen LogP contribution in [0.3, 0.4) is 0 Å². The maximum absolute atomic E-state index is 5.54. The molecule has 1 aliphatic heterocycles. The van der Waals surface area contributed by atoms with E-state index < -0.39 is 0 Å². The summed E-state index contributed by atoms with van der Waals surface area (Å²) in [6.45, 7) is 1.81. The molecule has 0 aromatic heterocycles. The standard InChI is InChI=1S/C8H15BO2/c1-2-5-8(4-1)9-10-6-3-7-11-9/h8H,1-7H2. The molecule has 0 atom stereocenters. The van der Waals surface area contributed by atoms with Crippen LogP contribution in [0.5, 0.6) is 0 Å². The average Bonchev–Trinajstić information content (AvgIpc) is 2.58. The van der Waals surface area contributed by atoms with Crippen LogP contribution in [0.4, 0.5) is 0 Å². The van der Waals surface area contributed by atoms with Crippen LogP contribution in [0.1, 0.15) is 32.1 Å². The van der Waals surface area contributed by atoms with Crippen molar-refractivity contribution in [1.82, 2.24) is 0 Å². The lowest BCUT2D eigenvalue weighted by Gasteiger charge is -2.23. The van der Waals surface area contributed by atoms with Crippen molar-refractivity contribution in [1.29, 1.82) is 0 Å². The lowest BCUT2D eigenvalue weighted by atomic mass is 9.70. The molecule has 2 rings (SSSR count). The zero-order valence-electron chi connectivity index (χ0n) is 6.92. The molecule has 3 heteroatoms. The minimum atomic E-state index is 0.145. The topological polar surface area (TPSA) is 18.5 Å². The molecule has 0 unspecified atom stereocenters. The highest BCUT2D eigenvalue weighted by atomic mass is 16.6. The van der Waals surface area contributed by atoms with E-state index in [2.05, 4.69) is 0 Å². The Morgan fingerprint density at radius 2 is 1.55 bits per heavy atom. The number of rotatable bonds is 1. The Bertz CT molecular complexity index is 117. The predicted octanol–water partition coefficient (Wildman–Crippen LogP) is 1.86. The molecule has 0 aromatic carbocycles. The zero-order chi connectivity index (χ0) is 7.52. The second kappa shape index (κ2) is 3.59. The number of hydrogen-bond acceptors (Lipinski definition) is 2. The second-order valence-electron chi connectivity index (χ2n) is 3.51. The summed E-state index contributed by atoms with van der Waals surface area (Å²) in [6.07, 6.45) is 6.43. The fourth-order valence-electron chi connectivity index (χ4n) is 2.01. The summed E-state index contributed by atoms with van der Waals surface area (Å²) < 4.78 is 11.1. The quantitative estimate of drug-likeness (QED) is 0.536. The first-order valence-corrected chi connectivity index (χ1v) is 4.70. The summed E-state index contributed by atoms with van der Waals surface area (Å²) in [5.74, 6) is 0.704. The molecule has 62 valence electrons. The summed E-state index contributed by atoms with van der Waals surface area (Å²) in [5, 5.41) is 0. The van der Waals surface area contributed by atoms with Crippen molar-refractivity contribution in [3.8, 4) is 0 Å². The Kier molecular flexibility index (Phi) is 2.49. The van der Waals surface area contributed by atoms with Crippen LogP contribution in [0.2, 0.25) is 5.82 Å². The zero-order valence-corrected chi connectivity index (χ0v) is 6.92. The van der Waals surface area contributed by atoms with Gasteiger partial charge in [-0.2, -0.15) is 0 Å². The molecule has 2 aliphatic rings. The molecular formula is C8H15BO2. The molecular weight excluding hydrogens is 139 g/mol. The highest BCUT2D eigenvalue weighted by Crippen LogP contribution is 2.34. The van der Waals surface area contributed by atoms with E-state index in [1.165, 1.54) is 25.7 Å². The highest BCUT2D eigenvalue weighted by Gasteiger charge is 2.33. The summed E-state index contributed by atoms with van der Waals surface area (Å²) in [5.41, 5.74) is 0. The molecule has 11 heavy (non-hydrogen) atoms. The van der Waals surface area contributed by atoms with E-state index >= 15 is 0 Å². The van der Waals surface area contributed by atoms with Gasteiger partial charge in [-0.25, -0.2) is 0 Å². The maximum atomic E-state index is 5.54. The van der Waals surface area contributed by atoms with Gasteiger partial charge >= 0.3 is 7.12 Å². The minimum Gasteiger partial charge on any atom is -0.411 e. The van der Waals surface area contributed by atoms with Crippen LogP contribution < -0.4 is 0 Å². The second-order valence-corrected chi connectivity index (χ2v) is 3.51. The molecule has 1 saturated carbocycles. The molecule has 0 amide bonds. The van der Waals surface area contributed by atoms with E-state index in [4.69, 9.17) is 9.31 Å². The van der Waals surface area contributed by atoms with Crippen LogP contribution in [0, 0.1) is 0 Å². The maximum Gasteiger partial charge on any atom is 0.460 e. The fourth-order valence-corrected chi connectivity index (χ4v) is 2.01. The van der Waals surface area contributed by atoms with Crippen molar-refractivity contribution in [2.45, 2.75) is 37.9 Å². The molecule has 0 spiro atoms. The van der Waals surface area contributed by atoms with Gasteiger partial charge in [0.2, 0.25) is 0 Å². The first-order chi connectivity index (χ1) is 5.47. The third-order valence-electron chi connectivity index (χ3n) is 2.64. The summed E-state index contributed by atoms with van der Waals surface area (Å²) in [6, 6.07) is 0. The van der Waals surface area contributed by atoms with Crippen molar-refractivity contribution >= 4 is 7.12 Å². The van der Waals surface area contributed by atoms with E-state index in [9.17, 15) is 0 Å². The summed E-state index contributed by atoms with van der Waals surface area (Å²) in [7, 11) is 0.145. The predicted molar refractivity (Wildman–Crippen MR) is 44.5 cm³/mol. The molecule has 2 nitrogen and oxygen atoms in total. The van der Waals surface area contributed by atoms with E-state index in [1.807, 2.05) is 0 Å². The minimum absolute atomic E-state index is 0.145. The van der Waals surface area contributed by atoms with Crippen molar-refractivity contribution in [2.24, 2.45) is 0 Å². The molecule has 0 radical (unpaired) electrons. The third-order valence-corrected chi connectivity index (χ3v) is 2.64. The first-order valence-electron chi connectivity index (χ1n) is 4.70. The molecule has 0 N–H and O–H groups in total. The van der Waals surface area contributed by atoms with Gasteiger partial charge in [0, 0.05) is 13.2 Å². The lowest BCUT2D eigenvalue weighted by molar-refractivity contribution is 0.127. The largest absolute Gasteiger partial charge is 0.460 e. The lowest BCUT2D eigenvalue weighted by Crippen LogP contribution is -2.33. The van der Waals surface area contributed by atoms with E-state index in [1.54, 1.807) is 0 Å². The van der Waals surface area contributed by atoms with E-state index in [0.717, 1.165) is 19.6 Å². The molecule has 1 heterocycles. The smallest absolute Gasteiger partial charge is 0.411 e. The molecule has 1 saturated heterocycles. The van der Waals surface area contributed by atoms with E-state index in [0.29, 0.717) is 5.82 Å². The van der Waals surface area contributed by atoms with Gasteiger partial charge in [0.1, 0.15) is 0 Å². The average molecular weight is 154 g/mol. The van der Waals surface area contributed by atoms with Crippen molar-refractivity contribution < 1.29 is 9.31 Å². The van der Waals surface area contributed by atoms with Gasteiger partial charge < -0.3 is 9.31 Å². The van der Waals surface area contributed by atoms with Gasteiger partial charge in [0.05, 0.1) is 0 Å².